The van der Waals surface area contributed by atoms with Crippen molar-refractivity contribution < 1.29 is 20.1 Å². The van der Waals surface area contributed by atoms with Gasteiger partial charge >= 0.3 is 0 Å². The van der Waals surface area contributed by atoms with Crippen LogP contribution in [0.1, 0.15) is 11.8 Å². The van der Waals surface area contributed by atoms with E-state index in [4.69, 9.17) is 4.74 Å². The fraction of sp³-hybridized carbons (Fsp3) is 0.375. The van der Waals surface area contributed by atoms with E-state index < -0.39 is 24.5 Å². The van der Waals surface area contributed by atoms with Crippen LogP contribution < -0.4 is 0 Å². The van der Waals surface area contributed by atoms with Crippen molar-refractivity contribution in [3.8, 4) is 11.3 Å². The molecular weight excluding hydrogens is 330 g/mol. The molecule has 0 aliphatic carbocycles. The molecule has 1 aliphatic heterocycles. The molecule has 0 radical (unpaired) electrons. The van der Waals surface area contributed by atoms with Crippen LogP contribution in [0, 0.1) is 6.92 Å². The predicted molar refractivity (Wildman–Crippen MR) is 88.6 cm³/mol. The smallest absolute Gasteiger partial charge is 0.164 e. The number of aryl methyl sites for hydroxylation is 1. The van der Waals surface area contributed by atoms with E-state index >= 15 is 0 Å². The van der Waals surface area contributed by atoms with E-state index in [1.807, 2.05) is 29.9 Å². The second-order valence-electron chi connectivity index (χ2n) is 5.88. The molecule has 126 valence electrons. The van der Waals surface area contributed by atoms with Crippen LogP contribution in [0.25, 0.3) is 22.3 Å². The molecule has 3 aromatic heterocycles. The van der Waals surface area contributed by atoms with E-state index in [0.717, 1.165) is 22.2 Å². The molecule has 24 heavy (non-hydrogen) atoms. The first-order valence-electron chi connectivity index (χ1n) is 7.59. The summed E-state index contributed by atoms with van der Waals surface area (Å²) in [5.41, 5.74) is 3.40. The summed E-state index contributed by atoms with van der Waals surface area (Å²) in [7, 11) is 0. The second-order valence-corrected chi connectivity index (χ2v) is 6.66. The Bertz CT molecular complexity index is 864. The predicted octanol–water partition coefficient (Wildman–Crippen LogP) is 1.08. The molecule has 4 atom stereocenters. The van der Waals surface area contributed by atoms with E-state index in [9.17, 15) is 15.3 Å². The minimum Gasteiger partial charge on any atom is -0.394 e. The molecule has 0 unspecified atom stereocenters. The third-order valence-corrected chi connectivity index (χ3v) is 5.07. The molecule has 4 heterocycles. The number of ether oxygens (including phenoxy) is 1. The van der Waals surface area contributed by atoms with Gasteiger partial charge in [-0.25, -0.2) is 9.97 Å². The van der Waals surface area contributed by atoms with Gasteiger partial charge in [0.05, 0.1) is 12.3 Å². The average Bonchev–Trinajstić information content (AvgIpc) is 3.29. The molecule has 7 nitrogen and oxygen atoms in total. The lowest BCUT2D eigenvalue weighted by atomic mass is 10.1. The van der Waals surface area contributed by atoms with E-state index in [-0.39, 0.29) is 6.61 Å². The summed E-state index contributed by atoms with van der Waals surface area (Å²) in [6.07, 6.45) is -0.602. The normalized spacial score (nSPS) is 27.2. The zero-order valence-corrected chi connectivity index (χ0v) is 13.7. The van der Waals surface area contributed by atoms with Crippen LogP contribution in [0.4, 0.5) is 0 Å². The minimum absolute atomic E-state index is 0.359. The number of aromatic nitrogens is 3. The van der Waals surface area contributed by atoms with Crippen molar-refractivity contribution in [2.45, 2.75) is 31.5 Å². The number of hydrogen-bond acceptors (Lipinski definition) is 7. The molecule has 0 bridgehead atoms. The largest absolute Gasteiger partial charge is 0.394 e. The lowest BCUT2D eigenvalue weighted by Crippen LogP contribution is -2.33. The summed E-state index contributed by atoms with van der Waals surface area (Å²) < 4.78 is 7.33. The molecule has 0 amide bonds. The molecule has 3 N–H and O–H groups in total. The third kappa shape index (κ3) is 2.27. The lowest BCUT2D eigenvalue weighted by molar-refractivity contribution is -0.0509. The summed E-state index contributed by atoms with van der Waals surface area (Å²) in [6.45, 7) is 1.58. The number of thiophene rings is 1. The van der Waals surface area contributed by atoms with Crippen molar-refractivity contribution in [2.24, 2.45) is 0 Å². The van der Waals surface area contributed by atoms with Gasteiger partial charge < -0.3 is 24.6 Å². The van der Waals surface area contributed by atoms with Crippen LogP contribution in [0.3, 0.4) is 0 Å². The average molecular weight is 347 g/mol. The Labute approximate surface area is 141 Å². The van der Waals surface area contributed by atoms with Gasteiger partial charge in [-0.05, 0) is 23.9 Å². The Balaban J connectivity index is 1.86. The van der Waals surface area contributed by atoms with E-state index in [1.165, 1.54) is 6.33 Å². The molecule has 3 aromatic rings. The van der Waals surface area contributed by atoms with Gasteiger partial charge in [-0.3, -0.25) is 0 Å². The number of aliphatic hydroxyl groups is 3. The van der Waals surface area contributed by atoms with Gasteiger partial charge in [-0.1, -0.05) is 0 Å². The molecule has 8 heteroatoms. The fourth-order valence-corrected chi connectivity index (χ4v) is 3.83. The highest BCUT2D eigenvalue weighted by Crippen LogP contribution is 2.36. The van der Waals surface area contributed by atoms with Crippen LogP contribution in [0.15, 0.2) is 29.4 Å². The van der Waals surface area contributed by atoms with Crippen molar-refractivity contribution >= 4 is 22.4 Å². The van der Waals surface area contributed by atoms with Crippen LogP contribution in [-0.4, -0.2) is 54.8 Å². The fourth-order valence-electron chi connectivity index (χ4n) is 3.19. The van der Waals surface area contributed by atoms with E-state index in [2.05, 4.69) is 9.97 Å². The van der Waals surface area contributed by atoms with Crippen LogP contribution in [-0.2, 0) is 4.74 Å². The summed E-state index contributed by atoms with van der Waals surface area (Å²) in [6, 6.07) is 2.00. The van der Waals surface area contributed by atoms with Gasteiger partial charge in [0.2, 0.25) is 0 Å². The van der Waals surface area contributed by atoms with Gasteiger partial charge in [0.25, 0.3) is 0 Å². The second kappa shape index (κ2) is 5.91. The number of fused-ring (bicyclic) bond motifs is 1. The molecule has 0 aromatic carbocycles. The number of nitrogens with zero attached hydrogens (tertiary/aromatic N) is 3. The highest BCUT2D eigenvalue weighted by molar-refractivity contribution is 7.08. The molecule has 0 saturated carbocycles. The van der Waals surface area contributed by atoms with Gasteiger partial charge in [0.15, 0.2) is 6.23 Å². The van der Waals surface area contributed by atoms with Crippen LogP contribution >= 0.6 is 11.3 Å². The summed E-state index contributed by atoms with van der Waals surface area (Å²) >= 11 is 1.59. The summed E-state index contributed by atoms with van der Waals surface area (Å²) in [5, 5.41) is 34.4. The summed E-state index contributed by atoms with van der Waals surface area (Å²) in [4.78, 5) is 8.75. The molecular formula is C16H17N3O4S. The Morgan fingerprint density at radius 3 is 2.79 bits per heavy atom. The maximum absolute atomic E-state index is 10.3. The molecule has 1 aliphatic rings. The van der Waals surface area contributed by atoms with E-state index in [0.29, 0.717) is 5.65 Å². The van der Waals surface area contributed by atoms with Gasteiger partial charge in [0.1, 0.15) is 30.3 Å². The number of rotatable bonds is 3. The Hall–Kier alpha value is -1.84. The molecule has 1 saturated heterocycles. The maximum atomic E-state index is 10.3. The standard InChI is InChI=1S/C16H17N3O4S/c1-8-4-19(16-14(22)13(21)10(5-20)23-16)15-11(8)12(17-7-18-15)9-2-3-24-6-9/h2-4,6-7,10,13-14,16,20-22H,5H2,1H3/t10-,13-,14-,16-/m1/s1. The third-order valence-electron chi connectivity index (χ3n) is 4.38. The molecule has 0 spiro atoms. The van der Waals surface area contributed by atoms with E-state index in [1.54, 1.807) is 15.9 Å². The Morgan fingerprint density at radius 2 is 2.12 bits per heavy atom. The quantitative estimate of drug-likeness (QED) is 0.655. The topological polar surface area (TPSA) is 101 Å². The molecule has 1 fully saturated rings. The van der Waals surface area contributed by atoms with Crippen molar-refractivity contribution in [3.63, 3.8) is 0 Å². The van der Waals surface area contributed by atoms with Gasteiger partial charge in [-0.15, -0.1) is 0 Å². The Kier molecular flexibility index (Phi) is 3.86. The van der Waals surface area contributed by atoms with Gasteiger partial charge in [0, 0.05) is 22.5 Å². The monoisotopic (exact) mass is 347 g/mol. The SMILES string of the molecule is Cc1cn([C@@H]2O[C@H](CO)[C@@H](O)[C@H]2O)c2ncnc(-c3ccsc3)c12. The maximum Gasteiger partial charge on any atom is 0.164 e. The Morgan fingerprint density at radius 1 is 1.29 bits per heavy atom. The van der Waals surface area contributed by atoms with Gasteiger partial charge in [-0.2, -0.15) is 11.3 Å². The van der Waals surface area contributed by atoms with Crippen LogP contribution in [0.5, 0.6) is 0 Å². The summed E-state index contributed by atoms with van der Waals surface area (Å²) in [5.74, 6) is 0. The van der Waals surface area contributed by atoms with Crippen molar-refractivity contribution in [3.05, 3.63) is 34.9 Å². The number of hydrogen-bond donors (Lipinski definition) is 3. The zero-order chi connectivity index (χ0) is 16.8. The molecule has 4 rings (SSSR count). The highest BCUT2D eigenvalue weighted by Gasteiger charge is 2.44. The minimum atomic E-state index is -1.14. The zero-order valence-electron chi connectivity index (χ0n) is 12.9. The highest BCUT2D eigenvalue weighted by atomic mass is 32.1. The lowest BCUT2D eigenvalue weighted by Gasteiger charge is -2.17. The van der Waals surface area contributed by atoms with Crippen molar-refractivity contribution in [1.82, 2.24) is 14.5 Å². The first-order valence-corrected chi connectivity index (χ1v) is 8.53. The van der Waals surface area contributed by atoms with Crippen LogP contribution in [0.2, 0.25) is 0 Å². The number of aliphatic hydroxyl groups excluding tert-OH is 3. The first-order chi connectivity index (χ1) is 11.6. The first kappa shape index (κ1) is 15.7. The van der Waals surface area contributed by atoms with Crippen molar-refractivity contribution in [1.29, 1.82) is 0 Å². The van der Waals surface area contributed by atoms with Crippen molar-refractivity contribution in [2.75, 3.05) is 6.61 Å².